The van der Waals surface area contributed by atoms with Gasteiger partial charge in [0, 0.05) is 56.6 Å². The molecule has 2 aromatic heterocycles. The summed E-state index contributed by atoms with van der Waals surface area (Å²) >= 11 is 1.61. The van der Waals surface area contributed by atoms with E-state index in [1.165, 1.54) is 6.92 Å². The molecule has 3 rings (SSSR count). The van der Waals surface area contributed by atoms with E-state index in [0.717, 1.165) is 18.2 Å². The minimum atomic E-state index is -0.0248. The number of thiazole rings is 1. The largest absolute Gasteiger partial charge is 0.346 e. The fourth-order valence-corrected chi connectivity index (χ4v) is 3.30. The van der Waals surface area contributed by atoms with Crippen molar-refractivity contribution in [2.45, 2.75) is 6.92 Å². The van der Waals surface area contributed by atoms with Crippen LogP contribution in [0.4, 0.5) is 5.13 Å². The minimum Gasteiger partial charge on any atom is -0.346 e. The Balaban J connectivity index is 1.68. The molecule has 0 aromatic carbocycles. The van der Waals surface area contributed by atoms with Crippen molar-refractivity contribution in [1.82, 2.24) is 14.5 Å². The fraction of sp³-hybridized carbons (Fsp3) is 0.400. The molecule has 0 unspecified atom stereocenters. The molecule has 0 saturated carbocycles. The zero-order chi connectivity index (χ0) is 15.7. The molecule has 0 aliphatic carbocycles. The average Bonchev–Trinajstić information content (AvgIpc) is 3.16. The third kappa shape index (κ3) is 2.76. The van der Waals surface area contributed by atoms with Gasteiger partial charge in [0.2, 0.25) is 0 Å². The number of ketones is 1. The Kier molecular flexibility index (Phi) is 3.98. The molecule has 1 saturated heterocycles. The number of nitrogens with zero attached hydrogens (tertiary/aromatic N) is 4. The van der Waals surface area contributed by atoms with Crippen molar-refractivity contribution in [3.8, 4) is 0 Å². The number of rotatable bonds is 3. The predicted octanol–water partition coefficient (Wildman–Crippen LogP) is 1.65. The van der Waals surface area contributed by atoms with Crippen molar-refractivity contribution in [1.29, 1.82) is 0 Å². The van der Waals surface area contributed by atoms with Gasteiger partial charge in [-0.15, -0.1) is 11.3 Å². The maximum atomic E-state index is 12.6. The Hall–Kier alpha value is -2.15. The fourth-order valence-electron chi connectivity index (χ4n) is 2.60. The number of amides is 1. The zero-order valence-corrected chi connectivity index (χ0v) is 13.5. The van der Waals surface area contributed by atoms with E-state index in [4.69, 9.17) is 0 Å². The maximum absolute atomic E-state index is 12.6. The van der Waals surface area contributed by atoms with Crippen LogP contribution >= 0.6 is 11.3 Å². The van der Waals surface area contributed by atoms with Crippen LogP contribution in [-0.4, -0.2) is 52.3 Å². The van der Waals surface area contributed by atoms with Crippen LogP contribution in [0.1, 0.15) is 27.8 Å². The van der Waals surface area contributed by atoms with Crippen molar-refractivity contribution in [2.24, 2.45) is 7.05 Å². The van der Waals surface area contributed by atoms with Gasteiger partial charge in [-0.1, -0.05) is 0 Å². The van der Waals surface area contributed by atoms with E-state index in [1.807, 2.05) is 10.3 Å². The summed E-state index contributed by atoms with van der Waals surface area (Å²) in [5, 5.41) is 2.96. The van der Waals surface area contributed by atoms with Gasteiger partial charge in [0.25, 0.3) is 5.91 Å². The molecule has 0 bridgehead atoms. The molecular weight excluding hydrogens is 300 g/mol. The van der Waals surface area contributed by atoms with E-state index in [9.17, 15) is 9.59 Å². The second-order valence-electron chi connectivity index (χ2n) is 5.38. The minimum absolute atomic E-state index is 0.0196. The third-order valence-electron chi connectivity index (χ3n) is 3.89. The van der Waals surface area contributed by atoms with Crippen LogP contribution in [0.25, 0.3) is 0 Å². The molecule has 1 aliphatic rings. The number of aryl methyl sites for hydroxylation is 1. The molecule has 3 heterocycles. The highest BCUT2D eigenvalue weighted by Crippen LogP contribution is 2.20. The van der Waals surface area contributed by atoms with E-state index in [0.29, 0.717) is 24.3 Å². The third-order valence-corrected chi connectivity index (χ3v) is 4.72. The molecule has 6 nitrogen and oxygen atoms in total. The molecular formula is C15H18N4O2S. The molecule has 116 valence electrons. The highest BCUT2D eigenvalue weighted by molar-refractivity contribution is 7.13. The SMILES string of the molecule is CC(=O)c1cc(C(=O)N2CCN(c3nccs3)CC2)n(C)c1. The number of hydrogen-bond donors (Lipinski definition) is 0. The van der Waals surface area contributed by atoms with Crippen LogP contribution in [0, 0.1) is 0 Å². The molecule has 1 amide bonds. The molecule has 7 heteroatoms. The van der Waals surface area contributed by atoms with Gasteiger partial charge in [-0.05, 0) is 13.0 Å². The summed E-state index contributed by atoms with van der Waals surface area (Å²) in [6, 6.07) is 1.68. The van der Waals surface area contributed by atoms with Crippen LogP contribution in [0.5, 0.6) is 0 Å². The Labute approximate surface area is 133 Å². The Morgan fingerprint density at radius 2 is 1.95 bits per heavy atom. The summed E-state index contributed by atoms with van der Waals surface area (Å²) < 4.78 is 1.73. The number of aromatic nitrogens is 2. The number of carbonyl (C=O) groups is 2. The van der Waals surface area contributed by atoms with Crippen LogP contribution < -0.4 is 4.90 Å². The van der Waals surface area contributed by atoms with Crippen molar-refractivity contribution < 1.29 is 9.59 Å². The number of Topliss-reactive ketones (excluding diaryl/α,β-unsaturated/α-hetero) is 1. The average molecular weight is 318 g/mol. The van der Waals surface area contributed by atoms with Crippen molar-refractivity contribution in [2.75, 3.05) is 31.1 Å². The van der Waals surface area contributed by atoms with E-state index in [1.54, 1.807) is 41.4 Å². The van der Waals surface area contributed by atoms with Crippen molar-refractivity contribution in [3.05, 3.63) is 35.1 Å². The predicted molar refractivity (Wildman–Crippen MR) is 85.6 cm³/mol. The van der Waals surface area contributed by atoms with Crippen molar-refractivity contribution in [3.63, 3.8) is 0 Å². The highest BCUT2D eigenvalue weighted by atomic mass is 32.1. The van der Waals surface area contributed by atoms with Gasteiger partial charge in [-0.2, -0.15) is 0 Å². The van der Waals surface area contributed by atoms with E-state index >= 15 is 0 Å². The second-order valence-corrected chi connectivity index (χ2v) is 6.25. The van der Waals surface area contributed by atoms with E-state index < -0.39 is 0 Å². The summed E-state index contributed by atoms with van der Waals surface area (Å²) in [4.78, 5) is 32.4. The highest BCUT2D eigenvalue weighted by Gasteiger charge is 2.25. The van der Waals surface area contributed by atoms with Gasteiger partial charge in [-0.25, -0.2) is 4.98 Å². The number of carbonyl (C=O) groups excluding carboxylic acids is 2. The lowest BCUT2D eigenvalue weighted by atomic mass is 10.2. The first-order valence-electron chi connectivity index (χ1n) is 7.17. The summed E-state index contributed by atoms with van der Waals surface area (Å²) in [6.07, 6.45) is 3.51. The van der Waals surface area contributed by atoms with Gasteiger partial charge in [0.1, 0.15) is 5.69 Å². The Morgan fingerprint density at radius 1 is 1.23 bits per heavy atom. The molecule has 2 aromatic rings. The maximum Gasteiger partial charge on any atom is 0.270 e. The molecule has 22 heavy (non-hydrogen) atoms. The lowest BCUT2D eigenvalue weighted by Gasteiger charge is -2.34. The monoisotopic (exact) mass is 318 g/mol. The van der Waals surface area contributed by atoms with Gasteiger partial charge >= 0.3 is 0 Å². The number of piperazine rings is 1. The normalized spacial score (nSPS) is 15.2. The summed E-state index contributed by atoms with van der Waals surface area (Å²) in [6.45, 7) is 4.40. The summed E-state index contributed by atoms with van der Waals surface area (Å²) in [5.41, 5.74) is 1.14. The number of anilines is 1. The van der Waals surface area contributed by atoms with Crippen LogP contribution in [0.15, 0.2) is 23.8 Å². The van der Waals surface area contributed by atoms with Gasteiger partial charge in [-0.3, -0.25) is 9.59 Å². The topological polar surface area (TPSA) is 58.4 Å². The molecule has 1 fully saturated rings. The summed E-state index contributed by atoms with van der Waals surface area (Å²) in [7, 11) is 1.80. The lowest BCUT2D eigenvalue weighted by Crippen LogP contribution is -2.49. The zero-order valence-electron chi connectivity index (χ0n) is 12.7. The Morgan fingerprint density at radius 3 is 2.50 bits per heavy atom. The van der Waals surface area contributed by atoms with Gasteiger partial charge in [0.05, 0.1) is 0 Å². The van der Waals surface area contributed by atoms with Crippen LogP contribution in [0.2, 0.25) is 0 Å². The molecule has 0 atom stereocenters. The smallest absolute Gasteiger partial charge is 0.270 e. The molecule has 0 N–H and O–H groups in total. The quantitative estimate of drug-likeness (QED) is 0.808. The molecule has 0 radical (unpaired) electrons. The summed E-state index contributed by atoms with van der Waals surface area (Å²) in [5.74, 6) is -0.0444. The first kappa shape index (κ1) is 14.8. The molecule has 0 spiro atoms. The second kappa shape index (κ2) is 5.92. The Bertz CT molecular complexity index is 684. The molecule has 1 aliphatic heterocycles. The van der Waals surface area contributed by atoms with Crippen LogP contribution in [0.3, 0.4) is 0 Å². The van der Waals surface area contributed by atoms with Crippen LogP contribution in [-0.2, 0) is 7.05 Å². The van der Waals surface area contributed by atoms with Gasteiger partial charge < -0.3 is 14.4 Å². The first-order valence-corrected chi connectivity index (χ1v) is 8.05. The van der Waals surface area contributed by atoms with E-state index in [2.05, 4.69) is 9.88 Å². The standard InChI is InChI=1S/C15H18N4O2S/c1-11(20)12-9-13(17(2)10-12)14(21)18-4-6-19(7-5-18)15-16-3-8-22-15/h3,8-10H,4-7H2,1-2H3. The van der Waals surface area contributed by atoms with E-state index in [-0.39, 0.29) is 11.7 Å². The van der Waals surface area contributed by atoms with Gasteiger partial charge in [0.15, 0.2) is 10.9 Å². The van der Waals surface area contributed by atoms with Crippen molar-refractivity contribution >= 4 is 28.2 Å². The first-order chi connectivity index (χ1) is 10.6. The number of hydrogen-bond acceptors (Lipinski definition) is 5. The lowest BCUT2D eigenvalue weighted by molar-refractivity contribution is 0.0737.